The van der Waals surface area contributed by atoms with Gasteiger partial charge in [0.15, 0.2) is 0 Å². The van der Waals surface area contributed by atoms with Gasteiger partial charge in [0, 0.05) is 24.7 Å². The van der Waals surface area contributed by atoms with Crippen molar-refractivity contribution in [2.75, 3.05) is 7.11 Å². The third-order valence-corrected chi connectivity index (χ3v) is 3.69. The fourth-order valence-electron chi connectivity index (χ4n) is 2.26. The summed E-state index contributed by atoms with van der Waals surface area (Å²) in [4.78, 5) is 0. The molecule has 4 nitrogen and oxygen atoms in total. The van der Waals surface area contributed by atoms with Crippen molar-refractivity contribution in [3.8, 4) is 5.88 Å². The summed E-state index contributed by atoms with van der Waals surface area (Å²) in [7, 11) is 3.56. The van der Waals surface area contributed by atoms with Crippen molar-refractivity contribution in [2.24, 2.45) is 7.05 Å². The van der Waals surface area contributed by atoms with Crippen LogP contribution in [-0.2, 0) is 13.6 Å². The second-order valence-electron chi connectivity index (χ2n) is 4.85. The SMILES string of the molecule is COc1c(CNC(C)c2ccc(Cl)cc2)c(C)nn1C. The van der Waals surface area contributed by atoms with E-state index in [1.807, 2.05) is 38.2 Å². The average molecular weight is 294 g/mol. The Balaban J connectivity index is 2.07. The van der Waals surface area contributed by atoms with Crippen molar-refractivity contribution < 1.29 is 4.74 Å². The topological polar surface area (TPSA) is 39.1 Å². The Morgan fingerprint density at radius 1 is 1.35 bits per heavy atom. The van der Waals surface area contributed by atoms with Gasteiger partial charge in [0.25, 0.3) is 0 Å². The zero-order valence-corrected chi connectivity index (χ0v) is 13.0. The molecule has 1 aromatic carbocycles. The van der Waals surface area contributed by atoms with Gasteiger partial charge in [-0.05, 0) is 31.5 Å². The summed E-state index contributed by atoms with van der Waals surface area (Å²) in [6, 6.07) is 8.12. The minimum atomic E-state index is 0.233. The highest BCUT2D eigenvalue weighted by Crippen LogP contribution is 2.22. The Morgan fingerprint density at radius 2 is 2.00 bits per heavy atom. The molecule has 1 heterocycles. The first kappa shape index (κ1) is 14.9. The fraction of sp³-hybridized carbons (Fsp3) is 0.400. The van der Waals surface area contributed by atoms with Gasteiger partial charge in [-0.3, -0.25) is 0 Å². The van der Waals surface area contributed by atoms with Crippen molar-refractivity contribution in [1.29, 1.82) is 0 Å². The van der Waals surface area contributed by atoms with Crippen molar-refractivity contribution in [1.82, 2.24) is 15.1 Å². The van der Waals surface area contributed by atoms with Gasteiger partial charge in [-0.15, -0.1) is 0 Å². The van der Waals surface area contributed by atoms with Crippen LogP contribution >= 0.6 is 11.6 Å². The quantitative estimate of drug-likeness (QED) is 0.920. The molecule has 1 aromatic heterocycles. The number of nitrogens with one attached hydrogen (secondary N) is 1. The molecule has 1 atom stereocenters. The summed E-state index contributed by atoms with van der Waals surface area (Å²) >= 11 is 5.90. The average Bonchev–Trinajstić information content (AvgIpc) is 2.70. The third-order valence-electron chi connectivity index (χ3n) is 3.44. The molecule has 0 amide bonds. The molecule has 0 fully saturated rings. The van der Waals surface area contributed by atoms with Gasteiger partial charge < -0.3 is 10.1 Å². The van der Waals surface area contributed by atoms with E-state index in [4.69, 9.17) is 16.3 Å². The summed E-state index contributed by atoms with van der Waals surface area (Å²) in [6.07, 6.45) is 0. The first-order valence-electron chi connectivity index (χ1n) is 6.58. The van der Waals surface area contributed by atoms with E-state index in [1.54, 1.807) is 11.8 Å². The molecule has 2 rings (SSSR count). The number of aromatic nitrogens is 2. The lowest BCUT2D eigenvalue weighted by molar-refractivity contribution is 0.367. The standard InChI is InChI=1S/C15H20ClN3O/c1-10(12-5-7-13(16)8-6-12)17-9-14-11(2)18-19(3)15(14)20-4/h5-8,10,17H,9H2,1-4H3. The van der Waals surface area contributed by atoms with Crippen LogP contribution in [0.15, 0.2) is 24.3 Å². The Kier molecular flexibility index (Phi) is 4.68. The Hall–Kier alpha value is -1.52. The summed E-state index contributed by atoms with van der Waals surface area (Å²) in [5.41, 5.74) is 3.28. The number of benzene rings is 1. The van der Waals surface area contributed by atoms with E-state index < -0.39 is 0 Å². The largest absolute Gasteiger partial charge is 0.481 e. The molecule has 108 valence electrons. The van der Waals surface area contributed by atoms with Crippen LogP contribution in [0, 0.1) is 6.92 Å². The van der Waals surface area contributed by atoms with Crippen molar-refractivity contribution in [2.45, 2.75) is 26.4 Å². The Labute approximate surface area is 124 Å². The summed E-state index contributed by atoms with van der Waals surface area (Å²) < 4.78 is 7.16. The molecule has 2 aromatic rings. The maximum absolute atomic E-state index is 5.90. The molecule has 1 N–H and O–H groups in total. The van der Waals surface area contributed by atoms with Gasteiger partial charge in [-0.2, -0.15) is 5.10 Å². The number of aryl methyl sites for hydroxylation is 2. The maximum atomic E-state index is 5.90. The molecule has 0 aliphatic rings. The van der Waals surface area contributed by atoms with Crippen LogP contribution in [0.25, 0.3) is 0 Å². The van der Waals surface area contributed by atoms with Gasteiger partial charge >= 0.3 is 0 Å². The first-order chi connectivity index (χ1) is 9.52. The van der Waals surface area contributed by atoms with E-state index >= 15 is 0 Å². The van der Waals surface area contributed by atoms with E-state index in [9.17, 15) is 0 Å². The Bertz CT molecular complexity index is 578. The van der Waals surface area contributed by atoms with Crippen LogP contribution in [0.4, 0.5) is 0 Å². The smallest absolute Gasteiger partial charge is 0.216 e. The highest BCUT2D eigenvalue weighted by Gasteiger charge is 2.14. The minimum Gasteiger partial charge on any atom is -0.481 e. The number of rotatable bonds is 5. The molecule has 20 heavy (non-hydrogen) atoms. The zero-order valence-electron chi connectivity index (χ0n) is 12.3. The van der Waals surface area contributed by atoms with Gasteiger partial charge in [-0.25, -0.2) is 4.68 Å². The maximum Gasteiger partial charge on any atom is 0.216 e. The minimum absolute atomic E-state index is 0.233. The van der Waals surface area contributed by atoms with Crippen LogP contribution in [0.5, 0.6) is 5.88 Å². The Morgan fingerprint density at radius 3 is 2.60 bits per heavy atom. The summed E-state index contributed by atoms with van der Waals surface area (Å²) in [5, 5.41) is 8.62. The molecule has 0 bridgehead atoms. The molecule has 0 radical (unpaired) electrons. The number of hydrogen-bond donors (Lipinski definition) is 1. The summed E-state index contributed by atoms with van der Waals surface area (Å²) in [6.45, 7) is 4.83. The molecule has 5 heteroatoms. The van der Waals surface area contributed by atoms with Crippen molar-refractivity contribution >= 4 is 11.6 Å². The lowest BCUT2D eigenvalue weighted by Gasteiger charge is -2.15. The molecule has 0 saturated carbocycles. The molecule has 0 aliphatic carbocycles. The molecule has 0 spiro atoms. The molecular formula is C15H20ClN3O. The second-order valence-corrected chi connectivity index (χ2v) is 5.29. The fourth-order valence-corrected chi connectivity index (χ4v) is 2.39. The van der Waals surface area contributed by atoms with Crippen LogP contribution < -0.4 is 10.1 Å². The van der Waals surface area contributed by atoms with Crippen LogP contribution in [0.2, 0.25) is 5.02 Å². The lowest BCUT2D eigenvalue weighted by Crippen LogP contribution is -2.18. The predicted octanol–water partition coefficient (Wildman–Crippen LogP) is 3.24. The second kappa shape index (κ2) is 6.29. The molecule has 1 unspecified atom stereocenters. The van der Waals surface area contributed by atoms with Gasteiger partial charge in [0.1, 0.15) is 0 Å². The van der Waals surface area contributed by atoms with E-state index in [-0.39, 0.29) is 6.04 Å². The van der Waals surface area contributed by atoms with E-state index in [2.05, 4.69) is 17.3 Å². The highest BCUT2D eigenvalue weighted by atomic mass is 35.5. The number of methoxy groups -OCH3 is 1. The lowest BCUT2D eigenvalue weighted by atomic mass is 10.1. The molecule has 0 saturated heterocycles. The number of halogens is 1. The molecule has 0 aliphatic heterocycles. The first-order valence-corrected chi connectivity index (χ1v) is 6.96. The van der Waals surface area contributed by atoms with E-state index in [1.165, 1.54) is 5.56 Å². The molecular weight excluding hydrogens is 274 g/mol. The van der Waals surface area contributed by atoms with Gasteiger partial charge in [0.05, 0.1) is 18.4 Å². The number of hydrogen-bond acceptors (Lipinski definition) is 3. The predicted molar refractivity (Wildman–Crippen MR) is 81.2 cm³/mol. The van der Waals surface area contributed by atoms with Crippen LogP contribution in [0.1, 0.15) is 29.8 Å². The normalized spacial score (nSPS) is 12.4. The van der Waals surface area contributed by atoms with Crippen LogP contribution in [-0.4, -0.2) is 16.9 Å². The van der Waals surface area contributed by atoms with E-state index in [0.29, 0.717) is 6.54 Å². The monoisotopic (exact) mass is 293 g/mol. The van der Waals surface area contributed by atoms with Crippen LogP contribution in [0.3, 0.4) is 0 Å². The van der Waals surface area contributed by atoms with Gasteiger partial charge in [0.2, 0.25) is 5.88 Å². The highest BCUT2D eigenvalue weighted by molar-refractivity contribution is 6.30. The van der Waals surface area contributed by atoms with Gasteiger partial charge in [-0.1, -0.05) is 23.7 Å². The van der Waals surface area contributed by atoms with Crippen molar-refractivity contribution in [3.05, 3.63) is 46.1 Å². The zero-order chi connectivity index (χ0) is 14.7. The summed E-state index contributed by atoms with van der Waals surface area (Å²) in [5.74, 6) is 0.804. The number of ether oxygens (including phenoxy) is 1. The third kappa shape index (κ3) is 3.14. The van der Waals surface area contributed by atoms with Crippen molar-refractivity contribution in [3.63, 3.8) is 0 Å². The number of nitrogens with zero attached hydrogens (tertiary/aromatic N) is 2. The van der Waals surface area contributed by atoms with E-state index in [0.717, 1.165) is 22.2 Å².